The fourth-order valence-electron chi connectivity index (χ4n) is 4.14. The molecule has 3 rings (SSSR count). The summed E-state index contributed by atoms with van der Waals surface area (Å²) in [5.41, 5.74) is 0. The van der Waals surface area contributed by atoms with Crippen molar-refractivity contribution in [3.8, 4) is 0 Å². The fraction of sp³-hybridized carbons (Fsp3) is 0.733. The van der Waals surface area contributed by atoms with Gasteiger partial charge in [0.1, 0.15) is 0 Å². The van der Waals surface area contributed by atoms with Gasteiger partial charge in [-0.3, -0.25) is 0 Å². The summed E-state index contributed by atoms with van der Waals surface area (Å²) in [5, 5.41) is 0. The predicted molar refractivity (Wildman–Crippen MR) is 76.6 cm³/mol. The van der Waals surface area contributed by atoms with Crippen LogP contribution in [0.1, 0.15) is 38.5 Å². The highest BCUT2D eigenvalue weighted by molar-refractivity contribution is 7.07. The van der Waals surface area contributed by atoms with E-state index in [1.165, 1.54) is 44.8 Å². The van der Waals surface area contributed by atoms with Crippen molar-refractivity contribution in [2.75, 3.05) is 0 Å². The first-order valence-electron chi connectivity index (χ1n) is 7.33. The molecule has 0 N–H and O–H groups in total. The molecule has 0 spiro atoms. The molecule has 3 aliphatic carbocycles. The molecule has 0 aliphatic heterocycles. The molecule has 0 aromatic rings. The molecular formula is C15H22BCl-. The molecule has 0 saturated heterocycles. The topological polar surface area (TPSA) is 0 Å². The number of hydrogen-bond donors (Lipinski definition) is 0. The van der Waals surface area contributed by atoms with Crippen molar-refractivity contribution in [1.82, 2.24) is 0 Å². The minimum absolute atomic E-state index is 0.445. The van der Waals surface area contributed by atoms with Gasteiger partial charge in [0.25, 0.3) is 0 Å². The minimum atomic E-state index is 0.445. The third kappa shape index (κ3) is 2.50. The van der Waals surface area contributed by atoms with E-state index in [0.717, 1.165) is 23.6 Å². The Labute approximate surface area is 110 Å². The first-order valence-corrected chi connectivity index (χ1v) is 7.77. The van der Waals surface area contributed by atoms with Gasteiger partial charge in [0.05, 0.1) is 0 Å². The molecule has 3 atom stereocenters. The fourth-order valence-corrected chi connectivity index (χ4v) is 4.62. The summed E-state index contributed by atoms with van der Waals surface area (Å²) < 4.78 is 0. The molecule has 0 heterocycles. The molecule has 3 aliphatic rings. The second kappa shape index (κ2) is 5.22. The zero-order valence-corrected chi connectivity index (χ0v) is 11.3. The quantitative estimate of drug-likeness (QED) is 0.621. The van der Waals surface area contributed by atoms with Crippen molar-refractivity contribution in [1.29, 1.82) is 0 Å². The van der Waals surface area contributed by atoms with E-state index in [-0.39, 0.29) is 0 Å². The van der Waals surface area contributed by atoms with E-state index in [1.807, 2.05) is 0 Å². The van der Waals surface area contributed by atoms with Crippen LogP contribution in [-0.4, -0.2) is 6.13 Å². The largest absolute Gasteiger partial charge is 0.431 e. The van der Waals surface area contributed by atoms with Gasteiger partial charge in [0.15, 0.2) is 0 Å². The Hall–Kier alpha value is -0.165. The summed E-state index contributed by atoms with van der Waals surface area (Å²) >= 11 is 6.66. The third-order valence-electron chi connectivity index (χ3n) is 5.15. The van der Waals surface area contributed by atoms with Crippen molar-refractivity contribution in [2.45, 2.75) is 50.7 Å². The Kier molecular flexibility index (Phi) is 3.65. The van der Waals surface area contributed by atoms with Gasteiger partial charge in [-0.05, 0) is 24.4 Å². The predicted octanol–water partition coefficient (Wildman–Crippen LogP) is 4.93. The zero-order chi connectivity index (χ0) is 11.7. The number of hydrogen-bond acceptors (Lipinski definition) is 0. The van der Waals surface area contributed by atoms with Crippen LogP contribution >= 0.6 is 11.5 Å². The first-order chi connectivity index (χ1) is 8.34. The van der Waals surface area contributed by atoms with Crippen LogP contribution in [0.2, 0.25) is 12.1 Å². The smallest absolute Gasteiger partial charge is 0.0166 e. The highest BCUT2D eigenvalue weighted by Crippen LogP contribution is 2.46. The zero-order valence-electron chi connectivity index (χ0n) is 10.5. The summed E-state index contributed by atoms with van der Waals surface area (Å²) in [5.74, 6) is 3.28. The minimum Gasteiger partial charge on any atom is -0.431 e. The average Bonchev–Trinajstić information content (AvgIpc) is 2.98. The van der Waals surface area contributed by atoms with Crippen LogP contribution in [0.4, 0.5) is 0 Å². The molecule has 17 heavy (non-hydrogen) atoms. The van der Waals surface area contributed by atoms with Crippen molar-refractivity contribution < 1.29 is 0 Å². The van der Waals surface area contributed by atoms with E-state index in [1.54, 1.807) is 0 Å². The Morgan fingerprint density at radius 3 is 2.59 bits per heavy atom. The Morgan fingerprint density at radius 2 is 1.76 bits per heavy atom. The van der Waals surface area contributed by atoms with Crippen molar-refractivity contribution in [2.24, 2.45) is 17.8 Å². The summed E-state index contributed by atoms with van der Waals surface area (Å²) in [7, 11) is 0. The van der Waals surface area contributed by atoms with E-state index in [2.05, 4.69) is 24.3 Å². The second-order valence-corrected chi connectivity index (χ2v) is 6.71. The molecule has 3 unspecified atom stereocenters. The van der Waals surface area contributed by atoms with Gasteiger partial charge in [-0.15, -0.1) is 0 Å². The van der Waals surface area contributed by atoms with Gasteiger partial charge in [0.2, 0.25) is 0 Å². The first kappa shape index (κ1) is 11.9. The Morgan fingerprint density at radius 1 is 1.00 bits per heavy atom. The van der Waals surface area contributed by atoms with Crippen molar-refractivity contribution in [3.63, 3.8) is 0 Å². The number of fused-ring (bicyclic) bond motifs is 1. The van der Waals surface area contributed by atoms with Gasteiger partial charge in [-0.1, -0.05) is 62.3 Å². The second-order valence-electron chi connectivity index (χ2n) is 6.14. The van der Waals surface area contributed by atoms with Crippen LogP contribution in [0, 0.1) is 17.8 Å². The molecule has 93 valence electrons. The Balaban J connectivity index is 1.58. The van der Waals surface area contributed by atoms with E-state index in [0.29, 0.717) is 6.13 Å². The van der Waals surface area contributed by atoms with Crippen LogP contribution in [-0.2, 0) is 0 Å². The lowest BCUT2D eigenvalue weighted by atomic mass is 9.55. The average molecular weight is 249 g/mol. The number of rotatable bonds is 3. The van der Waals surface area contributed by atoms with Crippen LogP contribution < -0.4 is 0 Å². The maximum atomic E-state index is 6.66. The van der Waals surface area contributed by atoms with Crippen molar-refractivity contribution in [3.05, 3.63) is 24.3 Å². The molecule has 2 fully saturated rings. The van der Waals surface area contributed by atoms with Gasteiger partial charge in [-0.2, -0.15) is 12.1 Å². The molecular weight excluding hydrogens is 226 g/mol. The molecule has 0 nitrogen and oxygen atoms in total. The van der Waals surface area contributed by atoms with E-state index in [4.69, 9.17) is 11.5 Å². The van der Waals surface area contributed by atoms with E-state index < -0.39 is 0 Å². The molecule has 2 saturated carbocycles. The molecule has 0 aromatic carbocycles. The summed E-state index contributed by atoms with van der Waals surface area (Å²) in [4.78, 5) is 0. The molecule has 0 amide bonds. The van der Waals surface area contributed by atoms with Crippen molar-refractivity contribution >= 4 is 17.6 Å². The Bertz CT molecular complexity index is 317. The van der Waals surface area contributed by atoms with Gasteiger partial charge >= 0.3 is 0 Å². The molecule has 2 heteroatoms. The van der Waals surface area contributed by atoms with Gasteiger partial charge in [-0.25, -0.2) is 0 Å². The normalized spacial score (nSPS) is 36.9. The summed E-state index contributed by atoms with van der Waals surface area (Å²) in [6.45, 7) is 0. The molecule has 0 aromatic heterocycles. The maximum absolute atomic E-state index is 6.66. The highest BCUT2D eigenvalue weighted by Gasteiger charge is 2.33. The van der Waals surface area contributed by atoms with Crippen LogP contribution in [0.5, 0.6) is 0 Å². The van der Waals surface area contributed by atoms with Gasteiger partial charge in [0, 0.05) is 0 Å². The molecule has 0 bridgehead atoms. The lowest BCUT2D eigenvalue weighted by Crippen LogP contribution is -2.20. The highest BCUT2D eigenvalue weighted by atomic mass is 35.5. The molecule has 1 radical (unpaired) electrons. The summed E-state index contributed by atoms with van der Waals surface area (Å²) in [6.07, 6.45) is 19.3. The standard InChI is InChI=1S/C15H22BCl/c17-16(14-6-2-3-7-14)11-13-10-9-12-5-1-4-8-15(12)13/h1,4-5,8,12-15H,2-3,6-7,9-11H2/q-1. The van der Waals surface area contributed by atoms with E-state index >= 15 is 0 Å². The lowest BCUT2D eigenvalue weighted by molar-refractivity contribution is 0.448. The number of halogens is 1. The van der Waals surface area contributed by atoms with E-state index in [9.17, 15) is 0 Å². The number of allylic oxidation sites excluding steroid dienone is 4. The summed E-state index contributed by atoms with van der Waals surface area (Å²) in [6, 6.07) is 0. The van der Waals surface area contributed by atoms with Gasteiger partial charge < -0.3 is 11.5 Å². The van der Waals surface area contributed by atoms with Crippen LogP contribution in [0.3, 0.4) is 0 Å². The van der Waals surface area contributed by atoms with Crippen LogP contribution in [0.15, 0.2) is 24.3 Å². The maximum Gasteiger partial charge on any atom is -0.0166 e. The third-order valence-corrected chi connectivity index (χ3v) is 5.69. The lowest BCUT2D eigenvalue weighted by Gasteiger charge is -2.33. The monoisotopic (exact) mass is 248 g/mol. The van der Waals surface area contributed by atoms with Crippen LogP contribution in [0.25, 0.3) is 0 Å². The SMILES string of the molecule is Cl[B-](CC1CCC2C=CC=CC21)C1CCCC1.